The van der Waals surface area contributed by atoms with Crippen molar-refractivity contribution in [2.45, 2.75) is 31.4 Å². The van der Waals surface area contributed by atoms with E-state index in [9.17, 15) is 4.79 Å². The van der Waals surface area contributed by atoms with Crippen LogP contribution >= 0.6 is 23.1 Å². The molecular formula is C11H19N3OS2. The molecule has 0 aliphatic rings. The van der Waals surface area contributed by atoms with Crippen LogP contribution in [0.3, 0.4) is 0 Å². The molecule has 0 unspecified atom stereocenters. The summed E-state index contributed by atoms with van der Waals surface area (Å²) < 4.78 is 0.122. The second-order valence-electron chi connectivity index (χ2n) is 3.85. The van der Waals surface area contributed by atoms with Crippen molar-refractivity contribution in [1.29, 1.82) is 0 Å². The number of nitrogen functional groups attached to an aromatic ring is 1. The van der Waals surface area contributed by atoms with Crippen LogP contribution in [-0.2, 0) is 0 Å². The highest BCUT2D eigenvalue weighted by atomic mass is 32.2. The summed E-state index contributed by atoms with van der Waals surface area (Å²) in [6.45, 7) is 4.96. The van der Waals surface area contributed by atoms with Gasteiger partial charge in [-0.25, -0.2) is 4.98 Å². The van der Waals surface area contributed by atoms with Gasteiger partial charge in [-0.15, -0.1) is 11.3 Å². The van der Waals surface area contributed by atoms with Crippen molar-refractivity contribution in [3.05, 3.63) is 11.1 Å². The number of hydrogen-bond donors (Lipinski definition) is 2. The Morgan fingerprint density at radius 2 is 2.24 bits per heavy atom. The number of thiazole rings is 1. The minimum absolute atomic E-state index is 0.122. The van der Waals surface area contributed by atoms with Gasteiger partial charge in [-0.05, 0) is 19.1 Å². The molecule has 4 nitrogen and oxygen atoms in total. The third-order valence-electron chi connectivity index (χ3n) is 3.05. The van der Waals surface area contributed by atoms with E-state index in [2.05, 4.69) is 30.4 Å². The summed E-state index contributed by atoms with van der Waals surface area (Å²) in [7, 11) is 0. The van der Waals surface area contributed by atoms with Crippen LogP contribution in [0.2, 0.25) is 0 Å². The molecule has 0 radical (unpaired) electrons. The zero-order chi connectivity index (χ0) is 12.9. The van der Waals surface area contributed by atoms with E-state index < -0.39 is 0 Å². The highest BCUT2D eigenvalue weighted by Crippen LogP contribution is 2.29. The molecule has 0 atom stereocenters. The minimum atomic E-state index is -0.140. The first-order valence-corrected chi connectivity index (χ1v) is 7.71. The smallest absolute Gasteiger partial charge is 0.270 e. The van der Waals surface area contributed by atoms with Crippen molar-refractivity contribution >= 4 is 34.1 Å². The number of hydrogen-bond acceptors (Lipinski definition) is 5. The van der Waals surface area contributed by atoms with Gasteiger partial charge in [0.25, 0.3) is 5.91 Å². The molecule has 17 heavy (non-hydrogen) atoms. The number of anilines is 1. The van der Waals surface area contributed by atoms with Crippen LogP contribution in [0.5, 0.6) is 0 Å². The Labute approximate surface area is 110 Å². The molecule has 3 N–H and O–H groups in total. The average molecular weight is 273 g/mol. The molecule has 0 spiro atoms. The van der Waals surface area contributed by atoms with E-state index in [1.54, 1.807) is 17.1 Å². The number of carbonyl (C=O) groups is 1. The minimum Gasteiger partial charge on any atom is -0.375 e. The Balaban J connectivity index is 2.58. The fraction of sp³-hybridized carbons (Fsp3) is 0.636. The van der Waals surface area contributed by atoms with Crippen LogP contribution in [0, 0.1) is 0 Å². The molecule has 0 fully saturated rings. The van der Waals surface area contributed by atoms with Gasteiger partial charge in [-0.3, -0.25) is 4.79 Å². The maximum atomic E-state index is 11.8. The van der Waals surface area contributed by atoms with Gasteiger partial charge in [0, 0.05) is 16.7 Å². The predicted molar refractivity (Wildman–Crippen MR) is 75.7 cm³/mol. The van der Waals surface area contributed by atoms with Crippen molar-refractivity contribution in [3.8, 4) is 0 Å². The van der Waals surface area contributed by atoms with Gasteiger partial charge in [-0.2, -0.15) is 11.8 Å². The van der Waals surface area contributed by atoms with Gasteiger partial charge >= 0.3 is 0 Å². The number of amides is 1. The first kappa shape index (κ1) is 14.3. The van der Waals surface area contributed by atoms with E-state index in [0.717, 1.165) is 12.8 Å². The SMILES string of the molecule is CCC(CC)(CNC(=O)c1csc(N)n1)SC. The highest BCUT2D eigenvalue weighted by molar-refractivity contribution is 8.00. The second kappa shape index (κ2) is 6.26. The fourth-order valence-corrected chi connectivity index (χ4v) is 2.92. The number of nitrogens with one attached hydrogen (secondary N) is 1. The van der Waals surface area contributed by atoms with Gasteiger partial charge in [0.05, 0.1) is 0 Å². The predicted octanol–water partition coefficient (Wildman–Crippen LogP) is 2.38. The van der Waals surface area contributed by atoms with Crippen molar-refractivity contribution < 1.29 is 4.79 Å². The van der Waals surface area contributed by atoms with E-state index in [0.29, 0.717) is 17.4 Å². The number of thioether (sulfide) groups is 1. The third-order valence-corrected chi connectivity index (χ3v) is 5.31. The third kappa shape index (κ3) is 3.61. The van der Waals surface area contributed by atoms with Gasteiger partial charge in [-0.1, -0.05) is 13.8 Å². The summed E-state index contributed by atoms with van der Waals surface area (Å²) >= 11 is 3.09. The van der Waals surface area contributed by atoms with Crippen molar-refractivity contribution in [2.24, 2.45) is 0 Å². The molecule has 1 aromatic heterocycles. The molecule has 1 amide bonds. The summed E-state index contributed by atoms with van der Waals surface area (Å²) in [5.41, 5.74) is 5.91. The van der Waals surface area contributed by atoms with E-state index in [4.69, 9.17) is 5.73 Å². The van der Waals surface area contributed by atoms with E-state index in [-0.39, 0.29) is 10.7 Å². The zero-order valence-electron chi connectivity index (χ0n) is 10.4. The van der Waals surface area contributed by atoms with Crippen LogP contribution in [0.15, 0.2) is 5.38 Å². The normalized spacial score (nSPS) is 11.5. The number of nitrogens with zero attached hydrogens (tertiary/aromatic N) is 1. The molecule has 1 heterocycles. The molecule has 0 aliphatic heterocycles. The molecule has 1 rings (SSSR count). The number of rotatable bonds is 6. The van der Waals surface area contributed by atoms with Crippen LogP contribution in [0.1, 0.15) is 37.2 Å². The molecule has 1 aromatic rings. The Kier molecular flexibility index (Phi) is 5.27. The molecule has 0 aromatic carbocycles. The Morgan fingerprint density at radius 1 is 1.59 bits per heavy atom. The summed E-state index contributed by atoms with van der Waals surface area (Å²) in [5.74, 6) is -0.140. The quantitative estimate of drug-likeness (QED) is 0.835. The van der Waals surface area contributed by atoms with Crippen molar-refractivity contribution in [3.63, 3.8) is 0 Å². The standard InChI is InChI=1S/C11H19N3OS2/c1-4-11(5-2,16-3)7-13-9(15)8-6-17-10(12)14-8/h6H,4-5,7H2,1-3H3,(H2,12,14)(H,13,15). The van der Waals surface area contributed by atoms with E-state index in [1.165, 1.54) is 11.3 Å². The van der Waals surface area contributed by atoms with Crippen molar-refractivity contribution in [2.75, 3.05) is 18.5 Å². The molecule has 0 bridgehead atoms. The van der Waals surface area contributed by atoms with Crippen LogP contribution in [0.4, 0.5) is 5.13 Å². The highest BCUT2D eigenvalue weighted by Gasteiger charge is 2.25. The zero-order valence-corrected chi connectivity index (χ0v) is 12.1. The van der Waals surface area contributed by atoms with E-state index in [1.807, 2.05) is 0 Å². The lowest BCUT2D eigenvalue weighted by molar-refractivity contribution is 0.0944. The van der Waals surface area contributed by atoms with Gasteiger partial charge < -0.3 is 11.1 Å². The lowest BCUT2D eigenvalue weighted by atomic mass is 10.0. The summed E-state index contributed by atoms with van der Waals surface area (Å²) in [5, 5.41) is 5.05. The Bertz CT molecular complexity index is 366. The lowest BCUT2D eigenvalue weighted by Gasteiger charge is -2.29. The second-order valence-corrected chi connectivity index (χ2v) is 6.01. The largest absolute Gasteiger partial charge is 0.375 e. The van der Waals surface area contributed by atoms with Gasteiger partial charge in [0.15, 0.2) is 5.13 Å². The molecule has 0 saturated heterocycles. The molecule has 0 aliphatic carbocycles. The van der Waals surface area contributed by atoms with Gasteiger partial charge in [0.1, 0.15) is 5.69 Å². The molecular weight excluding hydrogens is 254 g/mol. The molecule has 96 valence electrons. The lowest BCUT2D eigenvalue weighted by Crippen LogP contribution is -2.39. The Hall–Kier alpha value is -0.750. The molecule has 6 heteroatoms. The monoisotopic (exact) mass is 273 g/mol. The van der Waals surface area contributed by atoms with Crippen molar-refractivity contribution in [1.82, 2.24) is 10.3 Å². The number of carbonyl (C=O) groups excluding carboxylic acids is 1. The van der Waals surface area contributed by atoms with Crippen LogP contribution in [-0.4, -0.2) is 28.4 Å². The van der Waals surface area contributed by atoms with E-state index >= 15 is 0 Å². The summed E-state index contributed by atoms with van der Waals surface area (Å²) in [4.78, 5) is 15.8. The molecule has 0 saturated carbocycles. The maximum absolute atomic E-state index is 11.8. The first-order valence-electron chi connectivity index (χ1n) is 5.61. The van der Waals surface area contributed by atoms with Gasteiger partial charge in [0.2, 0.25) is 0 Å². The summed E-state index contributed by atoms with van der Waals surface area (Å²) in [6, 6.07) is 0. The topological polar surface area (TPSA) is 68.0 Å². The number of nitrogens with two attached hydrogens (primary N) is 1. The maximum Gasteiger partial charge on any atom is 0.270 e. The Morgan fingerprint density at radius 3 is 2.65 bits per heavy atom. The summed E-state index contributed by atoms with van der Waals surface area (Å²) in [6.07, 6.45) is 4.15. The number of aromatic nitrogens is 1. The first-order chi connectivity index (χ1) is 8.06. The fourth-order valence-electron chi connectivity index (χ4n) is 1.58. The average Bonchev–Trinajstić information content (AvgIpc) is 2.78. The van der Waals surface area contributed by atoms with Crippen LogP contribution < -0.4 is 11.1 Å². The van der Waals surface area contributed by atoms with Crippen LogP contribution in [0.25, 0.3) is 0 Å².